The van der Waals surface area contributed by atoms with Gasteiger partial charge in [0.25, 0.3) is 0 Å². The highest BCUT2D eigenvalue weighted by Crippen LogP contribution is 2.25. The Labute approximate surface area is 117 Å². The van der Waals surface area contributed by atoms with E-state index in [2.05, 4.69) is 21.2 Å². The van der Waals surface area contributed by atoms with E-state index in [0.717, 1.165) is 10.2 Å². The number of carbonyl (C=O) groups is 1. The molecule has 0 radical (unpaired) electrons. The summed E-state index contributed by atoms with van der Waals surface area (Å²) in [5.41, 5.74) is 1.00. The minimum absolute atomic E-state index is 0.143. The van der Waals surface area contributed by atoms with E-state index in [1.54, 1.807) is 6.07 Å². The zero-order chi connectivity index (χ0) is 13.1. The third-order valence-electron chi connectivity index (χ3n) is 2.29. The van der Waals surface area contributed by atoms with Gasteiger partial charge in [-0.2, -0.15) is 0 Å². The first-order chi connectivity index (χ1) is 8.56. The fraction of sp³-hybridized carbons (Fsp3) is 0.0833. The van der Waals surface area contributed by atoms with Gasteiger partial charge in [-0.25, -0.2) is 4.79 Å². The number of furan rings is 1. The Morgan fingerprint density at radius 2 is 2.22 bits per heavy atom. The summed E-state index contributed by atoms with van der Waals surface area (Å²) in [6, 6.07) is 6.91. The van der Waals surface area contributed by atoms with Crippen LogP contribution in [0, 0.1) is 0 Å². The number of carboxylic acids is 1. The van der Waals surface area contributed by atoms with Gasteiger partial charge in [0.05, 0.1) is 17.1 Å². The third-order valence-corrected chi connectivity index (χ3v) is 3.50. The summed E-state index contributed by atoms with van der Waals surface area (Å²) in [5, 5.41) is 12.5. The molecule has 2 N–H and O–H groups in total. The topological polar surface area (TPSA) is 62.5 Å². The molecule has 0 unspecified atom stereocenters. The smallest absolute Gasteiger partial charge is 0.338 e. The maximum absolute atomic E-state index is 10.7. The summed E-state index contributed by atoms with van der Waals surface area (Å²) in [4.78, 5) is 10.7. The molecule has 94 valence electrons. The van der Waals surface area contributed by atoms with E-state index in [1.165, 1.54) is 12.3 Å². The zero-order valence-electron chi connectivity index (χ0n) is 9.11. The number of anilines is 1. The van der Waals surface area contributed by atoms with E-state index in [1.807, 2.05) is 12.1 Å². The Bertz CT molecular complexity index is 582. The first kappa shape index (κ1) is 13.0. The Morgan fingerprint density at radius 1 is 1.44 bits per heavy atom. The SMILES string of the molecule is O=C(O)c1coc(CNc2ccc(Cl)c(Br)c2)c1. The van der Waals surface area contributed by atoms with Crippen LogP contribution in [0.25, 0.3) is 0 Å². The highest BCUT2D eigenvalue weighted by molar-refractivity contribution is 9.10. The standard InChI is InChI=1S/C12H9BrClNO3/c13-10-4-8(1-2-11(10)14)15-5-9-3-7(6-18-9)12(16)17/h1-4,6,15H,5H2,(H,16,17). The fourth-order valence-corrected chi connectivity index (χ4v) is 1.88. The van der Waals surface area contributed by atoms with Crippen LogP contribution in [0.4, 0.5) is 5.69 Å². The Balaban J connectivity index is 2.02. The minimum Gasteiger partial charge on any atom is -0.478 e. The Morgan fingerprint density at radius 3 is 2.83 bits per heavy atom. The predicted molar refractivity (Wildman–Crippen MR) is 72.1 cm³/mol. The molecule has 0 saturated heterocycles. The lowest BCUT2D eigenvalue weighted by molar-refractivity contribution is 0.0696. The first-order valence-electron chi connectivity index (χ1n) is 5.06. The van der Waals surface area contributed by atoms with Crippen LogP contribution < -0.4 is 5.32 Å². The molecular formula is C12H9BrClNO3. The summed E-state index contributed by atoms with van der Waals surface area (Å²) >= 11 is 9.20. The lowest BCUT2D eigenvalue weighted by atomic mass is 10.3. The second kappa shape index (κ2) is 5.46. The second-order valence-electron chi connectivity index (χ2n) is 3.59. The highest BCUT2D eigenvalue weighted by Gasteiger charge is 2.08. The van der Waals surface area contributed by atoms with Gasteiger partial charge in [0.1, 0.15) is 12.0 Å². The summed E-state index contributed by atoms with van der Waals surface area (Å²) in [7, 11) is 0. The molecule has 6 heteroatoms. The number of benzene rings is 1. The Kier molecular flexibility index (Phi) is 3.93. The molecule has 1 heterocycles. The summed E-state index contributed by atoms with van der Waals surface area (Å²) in [6.07, 6.45) is 1.22. The van der Waals surface area contributed by atoms with Crippen molar-refractivity contribution in [3.8, 4) is 0 Å². The van der Waals surface area contributed by atoms with Crippen LogP contribution in [0.1, 0.15) is 16.1 Å². The maximum Gasteiger partial charge on any atom is 0.338 e. The molecule has 0 fully saturated rings. The number of hydrogen-bond acceptors (Lipinski definition) is 3. The van der Waals surface area contributed by atoms with E-state index in [0.29, 0.717) is 17.3 Å². The van der Waals surface area contributed by atoms with Crippen LogP contribution in [0.5, 0.6) is 0 Å². The van der Waals surface area contributed by atoms with E-state index in [9.17, 15) is 4.79 Å². The van der Waals surface area contributed by atoms with Crippen molar-refractivity contribution >= 4 is 39.2 Å². The van der Waals surface area contributed by atoms with Crippen LogP contribution in [-0.2, 0) is 6.54 Å². The molecule has 1 aromatic heterocycles. The van der Waals surface area contributed by atoms with Gasteiger partial charge in [-0.15, -0.1) is 0 Å². The number of carboxylic acid groups (broad SMARTS) is 1. The molecule has 0 aliphatic carbocycles. The highest BCUT2D eigenvalue weighted by atomic mass is 79.9. The van der Waals surface area contributed by atoms with Crippen LogP contribution in [0.3, 0.4) is 0 Å². The van der Waals surface area contributed by atoms with E-state index >= 15 is 0 Å². The van der Waals surface area contributed by atoms with Crippen molar-refractivity contribution < 1.29 is 14.3 Å². The van der Waals surface area contributed by atoms with Crippen LogP contribution >= 0.6 is 27.5 Å². The van der Waals surface area contributed by atoms with Gasteiger partial charge in [0.15, 0.2) is 0 Å². The van der Waals surface area contributed by atoms with Crippen molar-refractivity contribution in [2.24, 2.45) is 0 Å². The van der Waals surface area contributed by atoms with Crippen molar-refractivity contribution in [3.05, 3.63) is 51.3 Å². The van der Waals surface area contributed by atoms with E-state index in [-0.39, 0.29) is 5.56 Å². The molecule has 2 aromatic rings. The Hall–Kier alpha value is -1.46. The molecule has 0 bridgehead atoms. The summed E-state index contributed by atoms with van der Waals surface area (Å²) in [5.74, 6) is -0.447. The monoisotopic (exact) mass is 329 g/mol. The van der Waals surface area contributed by atoms with Gasteiger partial charge >= 0.3 is 5.97 Å². The van der Waals surface area contributed by atoms with Gasteiger partial charge in [0.2, 0.25) is 0 Å². The van der Waals surface area contributed by atoms with E-state index in [4.69, 9.17) is 21.1 Å². The predicted octanol–water partition coefficient (Wildman–Crippen LogP) is 4.01. The average Bonchev–Trinajstić information content (AvgIpc) is 2.79. The third kappa shape index (κ3) is 3.05. The fourth-order valence-electron chi connectivity index (χ4n) is 1.38. The van der Waals surface area contributed by atoms with E-state index < -0.39 is 5.97 Å². The maximum atomic E-state index is 10.7. The quantitative estimate of drug-likeness (QED) is 0.889. The van der Waals surface area contributed by atoms with Crippen molar-refractivity contribution in [1.29, 1.82) is 0 Å². The summed E-state index contributed by atoms with van der Waals surface area (Å²) < 4.78 is 5.91. The molecular weight excluding hydrogens is 321 g/mol. The average molecular weight is 331 g/mol. The zero-order valence-corrected chi connectivity index (χ0v) is 11.5. The molecule has 18 heavy (non-hydrogen) atoms. The second-order valence-corrected chi connectivity index (χ2v) is 4.85. The molecule has 0 amide bonds. The number of halogens is 2. The van der Waals surface area contributed by atoms with Crippen LogP contribution in [-0.4, -0.2) is 11.1 Å². The molecule has 1 aromatic carbocycles. The number of aromatic carboxylic acids is 1. The molecule has 0 aliphatic rings. The molecule has 2 rings (SSSR count). The molecule has 0 aliphatic heterocycles. The number of hydrogen-bond donors (Lipinski definition) is 2. The first-order valence-corrected chi connectivity index (χ1v) is 6.23. The van der Waals surface area contributed by atoms with Gasteiger partial charge in [-0.1, -0.05) is 11.6 Å². The molecule has 0 saturated carbocycles. The lowest BCUT2D eigenvalue weighted by Gasteiger charge is -2.05. The van der Waals surface area contributed by atoms with Crippen molar-refractivity contribution in [2.75, 3.05) is 5.32 Å². The van der Waals surface area contributed by atoms with Gasteiger partial charge in [-0.05, 0) is 40.2 Å². The van der Waals surface area contributed by atoms with Gasteiger partial charge in [0, 0.05) is 10.2 Å². The molecule has 0 spiro atoms. The molecule has 0 atom stereocenters. The van der Waals surface area contributed by atoms with Crippen LogP contribution in [0.15, 0.2) is 39.4 Å². The largest absolute Gasteiger partial charge is 0.478 e. The van der Waals surface area contributed by atoms with Gasteiger partial charge < -0.3 is 14.8 Å². The van der Waals surface area contributed by atoms with Crippen molar-refractivity contribution in [3.63, 3.8) is 0 Å². The number of nitrogens with one attached hydrogen (secondary N) is 1. The van der Waals surface area contributed by atoms with Crippen molar-refractivity contribution in [2.45, 2.75) is 6.54 Å². The van der Waals surface area contributed by atoms with Crippen molar-refractivity contribution in [1.82, 2.24) is 0 Å². The normalized spacial score (nSPS) is 10.3. The van der Waals surface area contributed by atoms with Gasteiger partial charge in [-0.3, -0.25) is 0 Å². The molecule has 4 nitrogen and oxygen atoms in total. The number of rotatable bonds is 4. The van der Waals surface area contributed by atoms with Crippen LogP contribution in [0.2, 0.25) is 5.02 Å². The minimum atomic E-state index is -1.00. The summed E-state index contributed by atoms with van der Waals surface area (Å²) in [6.45, 7) is 0.404. The lowest BCUT2D eigenvalue weighted by Crippen LogP contribution is -1.98.